The van der Waals surface area contributed by atoms with Gasteiger partial charge in [0.2, 0.25) is 0 Å². The van der Waals surface area contributed by atoms with E-state index in [4.69, 9.17) is 0 Å². The molecule has 1 N–H and O–H groups in total. The predicted octanol–water partition coefficient (Wildman–Crippen LogP) is 3.50. The molecule has 2 rings (SSSR count). The number of para-hydroxylation sites is 1. The van der Waals surface area contributed by atoms with Crippen LogP contribution >= 0.6 is 0 Å². The highest BCUT2D eigenvalue weighted by atomic mass is 16.3. The van der Waals surface area contributed by atoms with Gasteiger partial charge >= 0.3 is 0 Å². The van der Waals surface area contributed by atoms with Crippen LogP contribution in [0.25, 0.3) is 0 Å². The number of hydrogen-bond donors (Lipinski definition) is 1. The minimum atomic E-state index is 0.535. The molecule has 0 atom stereocenters. The van der Waals surface area contributed by atoms with Crippen LogP contribution in [0, 0.1) is 0 Å². The summed E-state index contributed by atoms with van der Waals surface area (Å²) in [6, 6.07) is 6.22. The summed E-state index contributed by atoms with van der Waals surface area (Å²) >= 11 is 0. The summed E-state index contributed by atoms with van der Waals surface area (Å²) in [5, 5.41) is 10.4. The number of rotatable bonds is 3. The molecule has 1 aromatic rings. The zero-order chi connectivity index (χ0) is 12.3. The Morgan fingerprint density at radius 2 is 1.88 bits per heavy atom. The van der Waals surface area contributed by atoms with Gasteiger partial charge in [-0.2, -0.15) is 0 Å². The molecule has 0 heterocycles. The second kappa shape index (κ2) is 5.54. The van der Waals surface area contributed by atoms with Gasteiger partial charge in [0.1, 0.15) is 5.75 Å². The molecule has 17 heavy (non-hydrogen) atoms. The molecule has 0 bridgehead atoms. The fraction of sp³-hybridized carbons (Fsp3) is 0.600. The van der Waals surface area contributed by atoms with Crippen molar-refractivity contribution >= 4 is 0 Å². The van der Waals surface area contributed by atoms with E-state index in [9.17, 15) is 5.11 Å². The van der Waals surface area contributed by atoms with Crippen molar-refractivity contribution in [1.82, 2.24) is 4.90 Å². The molecule has 0 aromatic heterocycles. The SMILES string of the molecule is CN(C)Cc1cccc(C2CCCCC2)c1O. The van der Waals surface area contributed by atoms with E-state index >= 15 is 0 Å². The Morgan fingerprint density at radius 3 is 2.53 bits per heavy atom. The van der Waals surface area contributed by atoms with Crippen molar-refractivity contribution in [3.8, 4) is 5.75 Å². The number of aromatic hydroxyl groups is 1. The van der Waals surface area contributed by atoms with Crippen molar-refractivity contribution in [2.24, 2.45) is 0 Å². The van der Waals surface area contributed by atoms with E-state index in [1.165, 1.54) is 37.7 Å². The molecule has 1 fully saturated rings. The van der Waals surface area contributed by atoms with Crippen LogP contribution in [-0.4, -0.2) is 24.1 Å². The smallest absolute Gasteiger partial charge is 0.123 e. The molecule has 0 spiro atoms. The quantitative estimate of drug-likeness (QED) is 0.863. The monoisotopic (exact) mass is 233 g/mol. The zero-order valence-electron chi connectivity index (χ0n) is 10.9. The predicted molar refractivity (Wildman–Crippen MR) is 71.3 cm³/mol. The van der Waals surface area contributed by atoms with Crippen LogP contribution in [0.4, 0.5) is 0 Å². The first-order valence-corrected chi connectivity index (χ1v) is 6.64. The van der Waals surface area contributed by atoms with Gasteiger partial charge in [-0.3, -0.25) is 0 Å². The number of hydrogen-bond acceptors (Lipinski definition) is 2. The summed E-state index contributed by atoms with van der Waals surface area (Å²) in [6.45, 7) is 0.812. The molecule has 0 unspecified atom stereocenters. The Bertz CT molecular complexity index is 367. The summed E-state index contributed by atoms with van der Waals surface area (Å²) < 4.78 is 0. The second-order valence-electron chi connectivity index (χ2n) is 5.43. The Kier molecular flexibility index (Phi) is 4.06. The van der Waals surface area contributed by atoms with Gasteiger partial charge in [-0.05, 0) is 38.4 Å². The Morgan fingerprint density at radius 1 is 1.18 bits per heavy atom. The van der Waals surface area contributed by atoms with Crippen LogP contribution in [0.2, 0.25) is 0 Å². The first kappa shape index (κ1) is 12.4. The van der Waals surface area contributed by atoms with Gasteiger partial charge in [-0.25, -0.2) is 0 Å². The maximum atomic E-state index is 10.4. The highest BCUT2D eigenvalue weighted by Crippen LogP contribution is 2.38. The summed E-state index contributed by atoms with van der Waals surface area (Å²) in [7, 11) is 4.07. The van der Waals surface area contributed by atoms with E-state index in [-0.39, 0.29) is 0 Å². The van der Waals surface area contributed by atoms with Gasteiger partial charge in [0.25, 0.3) is 0 Å². The number of nitrogens with zero attached hydrogens (tertiary/aromatic N) is 1. The third kappa shape index (κ3) is 3.01. The highest BCUT2D eigenvalue weighted by Gasteiger charge is 2.19. The van der Waals surface area contributed by atoms with Gasteiger partial charge in [-0.15, -0.1) is 0 Å². The molecule has 0 amide bonds. The van der Waals surface area contributed by atoms with E-state index in [0.29, 0.717) is 11.7 Å². The van der Waals surface area contributed by atoms with Gasteiger partial charge in [-0.1, -0.05) is 37.5 Å². The lowest BCUT2D eigenvalue weighted by atomic mass is 9.83. The molecule has 2 heteroatoms. The van der Waals surface area contributed by atoms with E-state index in [2.05, 4.69) is 17.0 Å². The van der Waals surface area contributed by atoms with Gasteiger partial charge in [0.05, 0.1) is 0 Å². The maximum Gasteiger partial charge on any atom is 0.123 e. The first-order chi connectivity index (χ1) is 8.18. The fourth-order valence-electron chi connectivity index (χ4n) is 2.82. The van der Waals surface area contributed by atoms with Crippen molar-refractivity contribution in [2.45, 2.75) is 44.6 Å². The third-order valence-electron chi connectivity index (χ3n) is 3.68. The Balaban J connectivity index is 2.21. The summed E-state index contributed by atoms with van der Waals surface area (Å²) in [6.07, 6.45) is 6.44. The Labute approximate surface area is 104 Å². The van der Waals surface area contributed by atoms with Crippen molar-refractivity contribution in [2.75, 3.05) is 14.1 Å². The van der Waals surface area contributed by atoms with Crippen molar-refractivity contribution < 1.29 is 5.11 Å². The van der Waals surface area contributed by atoms with Crippen molar-refractivity contribution in [3.05, 3.63) is 29.3 Å². The lowest BCUT2D eigenvalue weighted by Gasteiger charge is -2.24. The van der Waals surface area contributed by atoms with Crippen LogP contribution in [-0.2, 0) is 6.54 Å². The number of phenols is 1. The number of phenolic OH excluding ortho intramolecular Hbond substituents is 1. The van der Waals surface area contributed by atoms with E-state index in [1.807, 2.05) is 20.2 Å². The van der Waals surface area contributed by atoms with Gasteiger partial charge in [0.15, 0.2) is 0 Å². The molecule has 1 aliphatic rings. The number of benzene rings is 1. The fourth-order valence-corrected chi connectivity index (χ4v) is 2.82. The zero-order valence-corrected chi connectivity index (χ0v) is 10.9. The molecule has 94 valence electrons. The first-order valence-electron chi connectivity index (χ1n) is 6.64. The van der Waals surface area contributed by atoms with E-state index in [1.54, 1.807) is 0 Å². The third-order valence-corrected chi connectivity index (χ3v) is 3.68. The highest BCUT2D eigenvalue weighted by molar-refractivity contribution is 5.42. The minimum absolute atomic E-state index is 0.535. The molecule has 0 aliphatic heterocycles. The van der Waals surface area contributed by atoms with Crippen molar-refractivity contribution in [3.63, 3.8) is 0 Å². The lowest BCUT2D eigenvalue weighted by Crippen LogP contribution is -2.12. The topological polar surface area (TPSA) is 23.5 Å². The molecule has 1 saturated carbocycles. The molecule has 0 saturated heterocycles. The molecule has 1 aromatic carbocycles. The molecular formula is C15H23NO. The maximum absolute atomic E-state index is 10.4. The normalized spacial score (nSPS) is 17.6. The average Bonchev–Trinajstić information content (AvgIpc) is 2.32. The van der Waals surface area contributed by atoms with Crippen LogP contribution in [0.3, 0.4) is 0 Å². The van der Waals surface area contributed by atoms with E-state index in [0.717, 1.165) is 12.1 Å². The van der Waals surface area contributed by atoms with Crippen LogP contribution < -0.4 is 0 Å². The molecule has 1 aliphatic carbocycles. The Hall–Kier alpha value is -1.02. The largest absolute Gasteiger partial charge is 0.507 e. The minimum Gasteiger partial charge on any atom is -0.507 e. The lowest BCUT2D eigenvalue weighted by molar-refractivity contribution is 0.376. The molecule has 2 nitrogen and oxygen atoms in total. The molecule has 0 radical (unpaired) electrons. The van der Waals surface area contributed by atoms with Crippen LogP contribution in [0.5, 0.6) is 5.75 Å². The summed E-state index contributed by atoms with van der Waals surface area (Å²) in [5.41, 5.74) is 2.22. The van der Waals surface area contributed by atoms with Gasteiger partial charge < -0.3 is 10.0 Å². The summed E-state index contributed by atoms with van der Waals surface area (Å²) in [4.78, 5) is 2.10. The van der Waals surface area contributed by atoms with E-state index < -0.39 is 0 Å². The van der Waals surface area contributed by atoms with Gasteiger partial charge in [0, 0.05) is 12.1 Å². The van der Waals surface area contributed by atoms with Crippen molar-refractivity contribution in [1.29, 1.82) is 0 Å². The van der Waals surface area contributed by atoms with Crippen LogP contribution in [0.1, 0.15) is 49.1 Å². The average molecular weight is 233 g/mol. The molecular weight excluding hydrogens is 210 g/mol. The van der Waals surface area contributed by atoms with Crippen LogP contribution in [0.15, 0.2) is 18.2 Å². The standard InChI is InChI=1S/C15H23NO/c1-16(2)11-13-9-6-10-14(15(13)17)12-7-4-3-5-8-12/h6,9-10,12,17H,3-5,7-8,11H2,1-2H3. The summed E-state index contributed by atoms with van der Waals surface area (Å²) in [5.74, 6) is 1.11. The second-order valence-corrected chi connectivity index (χ2v) is 5.43.